The van der Waals surface area contributed by atoms with Crippen molar-refractivity contribution in [1.82, 2.24) is 0 Å². The van der Waals surface area contributed by atoms with Crippen molar-refractivity contribution < 1.29 is 40.7 Å². The van der Waals surface area contributed by atoms with Crippen LogP contribution < -0.4 is 5.32 Å². The lowest BCUT2D eigenvalue weighted by Gasteiger charge is -2.21. The molecule has 0 aromatic heterocycles. The van der Waals surface area contributed by atoms with Crippen LogP contribution >= 0.6 is 11.6 Å². The normalized spacial score (nSPS) is 14.4. The SMILES string of the molecule is O=C(OC(C(=O)Nc1cc(C(F)(F)F)ccc1Cl)c1ccccc1)c1ccc2c(c1)S(=O)(=O)c1ccccc1C2=O. The molecule has 0 saturated carbocycles. The van der Waals surface area contributed by atoms with Gasteiger partial charge in [0.25, 0.3) is 5.91 Å². The maximum atomic E-state index is 13.2. The van der Waals surface area contributed by atoms with E-state index in [1.54, 1.807) is 18.2 Å². The van der Waals surface area contributed by atoms with Crippen molar-refractivity contribution in [3.05, 3.63) is 124 Å². The van der Waals surface area contributed by atoms with Gasteiger partial charge in [-0.05, 0) is 48.5 Å². The minimum Gasteiger partial charge on any atom is -0.444 e. The highest BCUT2D eigenvalue weighted by Gasteiger charge is 2.36. The van der Waals surface area contributed by atoms with Crippen molar-refractivity contribution in [2.75, 3.05) is 5.32 Å². The minimum atomic E-state index is -4.70. The van der Waals surface area contributed by atoms with E-state index in [2.05, 4.69) is 5.32 Å². The van der Waals surface area contributed by atoms with Crippen LogP contribution in [0.5, 0.6) is 0 Å². The van der Waals surface area contributed by atoms with E-state index >= 15 is 0 Å². The highest BCUT2D eigenvalue weighted by Crippen LogP contribution is 2.36. The third-order valence-electron chi connectivity index (χ3n) is 6.29. The molecule has 0 spiro atoms. The van der Waals surface area contributed by atoms with Crippen LogP contribution in [0.2, 0.25) is 5.02 Å². The molecule has 4 aromatic rings. The summed E-state index contributed by atoms with van der Waals surface area (Å²) in [6.45, 7) is 0. The second-order valence-corrected chi connectivity index (χ2v) is 11.2. The largest absolute Gasteiger partial charge is 0.444 e. The molecule has 1 atom stereocenters. The maximum Gasteiger partial charge on any atom is 0.416 e. The van der Waals surface area contributed by atoms with E-state index < -0.39 is 50.2 Å². The number of alkyl halides is 3. The van der Waals surface area contributed by atoms with Gasteiger partial charge in [0, 0.05) is 16.7 Å². The molecule has 0 aliphatic carbocycles. The van der Waals surface area contributed by atoms with Crippen molar-refractivity contribution in [3.8, 4) is 0 Å². The summed E-state index contributed by atoms with van der Waals surface area (Å²) in [6, 6.07) is 19.0. The van der Waals surface area contributed by atoms with Crippen molar-refractivity contribution >= 4 is 44.8 Å². The average molecular weight is 600 g/mol. The van der Waals surface area contributed by atoms with Gasteiger partial charge in [-0.2, -0.15) is 13.2 Å². The molecular formula is C29H17ClF3NO6S. The Morgan fingerprint density at radius 3 is 2.20 bits per heavy atom. The predicted molar refractivity (Wildman–Crippen MR) is 141 cm³/mol. The lowest BCUT2D eigenvalue weighted by Crippen LogP contribution is -2.26. The summed E-state index contributed by atoms with van der Waals surface area (Å²) in [7, 11) is -4.16. The first-order chi connectivity index (χ1) is 19.4. The number of sulfone groups is 1. The van der Waals surface area contributed by atoms with E-state index in [1.807, 2.05) is 0 Å². The molecule has 5 rings (SSSR count). The number of ether oxygens (including phenoxy) is 1. The Morgan fingerprint density at radius 2 is 1.49 bits per heavy atom. The third kappa shape index (κ3) is 5.33. The van der Waals surface area contributed by atoms with E-state index in [0.29, 0.717) is 6.07 Å². The standard InChI is InChI=1S/C29H17ClF3NO6S/c30-21-13-11-18(29(31,32)33)15-22(21)34-27(36)26(16-6-2-1-3-7-16)40-28(37)17-10-12-20-24(14-17)41(38,39)23-9-5-4-8-19(23)25(20)35/h1-15,26H,(H,34,36). The molecule has 0 radical (unpaired) electrons. The van der Waals surface area contributed by atoms with Gasteiger partial charge < -0.3 is 10.1 Å². The number of amides is 1. The van der Waals surface area contributed by atoms with Gasteiger partial charge in [0.1, 0.15) is 0 Å². The Balaban J connectivity index is 1.47. The molecule has 208 valence electrons. The zero-order valence-corrected chi connectivity index (χ0v) is 22.2. The number of rotatable bonds is 5. The molecule has 0 fully saturated rings. The van der Waals surface area contributed by atoms with Crippen LogP contribution in [-0.2, 0) is 25.5 Å². The van der Waals surface area contributed by atoms with Gasteiger partial charge in [0.2, 0.25) is 15.9 Å². The van der Waals surface area contributed by atoms with Crippen molar-refractivity contribution in [1.29, 1.82) is 0 Å². The molecule has 1 amide bonds. The van der Waals surface area contributed by atoms with Gasteiger partial charge in [-0.3, -0.25) is 9.59 Å². The van der Waals surface area contributed by atoms with Crippen LogP contribution in [0.3, 0.4) is 0 Å². The topological polar surface area (TPSA) is 107 Å². The molecule has 1 aliphatic rings. The molecule has 12 heteroatoms. The number of esters is 1. The van der Waals surface area contributed by atoms with Crippen LogP contribution in [0.4, 0.5) is 18.9 Å². The smallest absolute Gasteiger partial charge is 0.416 e. The Labute approximate surface area is 236 Å². The number of halogens is 4. The summed E-state index contributed by atoms with van der Waals surface area (Å²) in [6.07, 6.45) is -6.37. The first-order valence-corrected chi connectivity index (χ1v) is 13.7. The molecule has 4 aromatic carbocycles. The quantitative estimate of drug-likeness (QED) is 0.239. The van der Waals surface area contributed by atoms with E-state index in [-0.39, 0.29) is 37.9 Å². The number of carbonyl (C=O) groups is 3. The second-order valence-electron chi connectivity index (χ2n) is 8.92. The monoisotopic (exact) mass is 599 g/mol. The summed E-state index contributed by atoms with van der Waals surface area (Å²) >= 11 is 6.01. The maximum absolute atomic E-state index is 13.2. The lowest BCUT2D eigenvalue weighted by atomic mass is 10.0. The van der Waals surface area contributed by atoms with Gasteiger partial charge in [-0.1, -0.05) is 54.1 Å². The number of ketones is 1. The van der Waals surface area contributed by atoms with Gasteiger partial charge in [0.05, 0.1) is 31.6 Å². The van der Waals surface area contributed by atoms with Gasteiger partial charge in [-0.15, -0.1) is 0 Å². The molecule has 1 N–H and O–H groups in total. The molecule has 1 aliphatic heterocycles. The average Bonchev–Trinajstić information content (AvgIpc) is 2.95. The Hall–Kier alpha value is -4.48. The first-order valence-electron chi connectivity index (χ1n) is 11.8. The van der Waals surface area contributed by atoms with E-state index in [4.69, 9.17) is 16.3 Å². The van der Waals surface area contributed by atoms with Crippen LogP contribution in [0, 0.1) is 0 Å². The van der Waals surface area contributed by atoms with Crippen LogP contribution in [0.25, 0.3) is 0 Å². The lowest BCUT2D eigenvalue weighted by molar-refractivity contribution is -0.137. The Kier molecular flexibility index (Phi) is 7.18. The zero-order chi connectivity index (χ0) is 29.5. The molecule has 41 heavy (non-hydrogen) atoms. The van der Waals surface area contributed by atoms with Crippen LogP contribution in [0.1, 0.15) is 43.5 Å². The first kappa shape index (κ1) is 28.1. The molecule has 0 bridgehead atoms. The highest BCUT2D eigenvalue weighted by atomic mass is 35.5. The fourth-order valence-corrected chi connectivity index (χ4v) is 6.12. The summed E-state index contributed by atoms with van der Waals surface area (Å²) in [5, 5.41) is 2.08. The second kappa shape index (κ2) is 10.5. The van der Waals surface area contributed by atoms with Gasteiger partial charge in [-0.25, -0.2) is 13.2 Å². The number of fused-ring (bicyclic) bond motifs is 2. The molecule has 0 saturated heterocycles. The number of anilines is 1. The summed E-state index contributed by atoms with van der Waals surface area (Å²) in [4.78, 5) is 38.7. The molecule has 1 heterocycles. The van der Waals surface area contributed by atoms with Crippen molar-refractivity contribution in [2.24, 2.45) is 0 Å². The Bertz CT molecular complexity index is 1820. The van der Waals surface area contributed by atoms with Crippen LogP contribution in [-0.4, -0.2) is 26.1 Å². The molecular weight excluding hydrogens is 583 g/mol. The Morgan fingerprint density at radius 1 is 0.829 bits per heavy atom. The number of nitrogens with one attached hydrogen (secondary N) is 1. The van der Waals surface area contributed by atoms with Gasteiger partial charge >= 0.3 is 12.1 Å². The summed E-state index contributed by atoms with van der Waals surface area (Å²) < 4.78 is 71.6. The van der Waals surface area contributed by atoms with Crippen molar-refractivity contribution in [3.63, 3.8) is 0 Å². The fraction of sp³-hybridized carbons (Fsp3) is 0.0690. The fourth-order valence-electron chi connectivity index (χ4n) is 4.28. The van der Waals surface area contributed by atoms with E-state index in [0.717, 1.165) is 18.2 Å². The number of carbonyl (C=O) groups excluding carboxylic acids is 3. The minimum absolute atomic E-state index is 0.00407. The third-order valence-corrected chi connectivity index (χ3v) is 8.47. The summed E-state index contributed by atoms with van der Waals surface area (Å²) in [5.41, 5.74) is -1.64. The number of hydrogen-bond donors (Lipinski definition) is 1. The predicted octanol–water partition coefficient (Wildman–Crippen LogP) is 6.27. The highest BCUT2D eigenvalue weighted by molar-refractivity contribution is 7.91. The summed E-state index contributed by atoms with van der Waals surface area (Å²) in [5.74, 6) is -2.67. The van der Waals surface area contributed by atoms with E-state index in [1.165, 1.54) is 48.5 Å². The zero-order valence-electron chi connectivity index (χ0n) is 20.6. The number of hydrogen-bond acceptors (Lipinski definition) is 6. The number of benzene rings is 4. The van der Waals surface area contributed by atoms with Gasteiger partial charge in [0.15, 0.2) is 5.78 Å². The van der Waals surface area contributed by atoms with E-state index in [9.17, 15) is 36.0 Å². The van der Waals surface area contributed by atoms with Crippen molar-refractivity contribution in [2.45, 2.75) is 22.1 Å². The molecule has 7 nitrogen and oxygen atoms in total. The van der Waals surface area contributed by atoms with Crippen LogP contribution in [0.15, 0.2) is 101 Å². The molecule has 1 unspecified atom stereocenters.